The summed E-state index contributed by atoms with van der Waals surface area (Å²) in [6.45, 7) is 5.83. The molecule has 2 heterocycles. The molecule has 0 aliphatic carbocycles. The Hall–Kier alpha value is -1.64. The summed E-state index contributed by atoms with van der Waals surface area (Å²) >= 11 is 0. The maximum atomic E-state index is 13.0. The number of ether oxygens (including phenoxy) is 2. The van der Waals surface area contributed by atoms with Gasteiger partial charge in [-0.3, -0.25) is 4.79 Å². The monoisotopic (exact) mass is 382 g/mol. The summed E-state index contributed by atoms with van der Waals surface area (Å²) in [6.07, 6.45) is 1.61. The van der Waals surface area contributed by atoms with Crippen LogP contribution in [-0.2, 0) is 14.8 Å². The smallest absolute Gasteiger partial charge is 0.254 e. The molecule has 7 nitrogen and oxygen atoms in total. The first-order valence-corrected chi connectivity index (χ1v) is 10.4. The maximum Gasteiger partial charge on any atom is 0.254 e. The largest absolute Gasteiger partial charge is 0.495 e. The fourth-order valence-corrected chi connectivity index (χ4v) is 5.30. The lowest BCUT2D eigenvalue weighted by molar-refractivity contribution is -0.0586. The van der Waals surface area contributed by atoms with Crippen LogP contribution in [0.2, 0.25) is 0 Å². The van der Waals surface area contributed by atoms with E-state index in [0.29, 0.717) is 31.7 Å². The van der Waals surface area contributed by atoms with E-state index >= 15 is 0 Å². The van der Waals surface area contributed by atoms with E-state index in [0.717, 1.165) is 12.8 Å². The van der Waals surface area contributed by atoms with Gasteiger partial charge in [0.05, 0.1) is 19.3 Å². The molecule has 0 radical (unpaired) electrons. The molecule has 26 heavy (non-hydrogen) atoms. The predicted octanol–water partition coefficient (Wildman–Crippen LogP) is 1.73. The second-order valence-corrected chi connectivity index (χ2v) is 8.85. The van der Waals surface area contributed by atoms with Crippen molar-refractivity contribution in [2.75, 3.05) is 33.3 Å². The van der Waals surface area contributed by atoms with Gasteiger partial charge < -0.3 is 14.4 Å². The van der Waals surface area contributed by atoms with Crippen LogP contribution in [0.25, 0.3) is 0 Å². The van der Waals surface area contributed by atoms with Crippen molar-refractivity contribution in [3.8, 4) is 5.75 Å². The molecular weight excluding hydrogens is 356 g/mol. The van der Waals surface area contributed by atoms with Gasteiger partial charge in [0.1, 0.15) is 10.6 Å². The van der Waals surface area contributed by atoms with E-state index in [2.05, 4.69) is 0 Å². The van der Waals surface area contributed by atoms with Gasteiger partial charge in [-0.15, -0.1) is 0 Å². The zero-order chi connectivity index (χ0) is 18.9. The summed E-state index contributed by atoms with van der Waals surface area (Å²) in [4.78, 5) is 14.7. The number of sulfonamides is 1. The Morgan fingerprint density at radius 3 is 2.35 bits per heavy atom. The van der Waals surface area contributed by atoms with Gasteiger partial charge in [-0.25, -0.2) is 8.42 Å². The van der Waals surface area contributed by atoms with Crippen molar-refractivity contribution in [1.82, 2.24) is 9.21 Å². The zero-order valence-electron chi connectivity index (χ0n) is 15.5. The lowest BCUT2D eigenvalue weighted by atomic mass is 10.1. The minimum Gasteiger partial charge on any atom is -0.495 e. The average molecular weight is 382 g/mol. The molecule has 2 aliphatic rings. The van der Waals surface area contributed by atoms with Gasteiger partial charge in [-0.2, -0.15) is 4.31 Å². The number of rotatable bonds is 4. The number of methoxy groups -OCH3 is 1. The van der Waals surface area contributed by atoms with Gasteiger partial charge in [0.25, 0.3) is 5.91 Å². The molecule has 8 heteroatoms. The second-order valence-electron chi connectivity index (χ2n) is 6.94. The van der Waals surface area contributed by atoms with Gasteiger partial charge >= 0.3 is 0 Å². The number of benzene rings is 1. The van der Waals surface area contributed by atoms with E-state index in [-0.39, 0.29) is 28.8 Å². The number of nitrogens with zero attached hydrogens (tertiary/aromatic N) is 2. The topological polar surface area (TPSA) is 76.1 Å². The molecule has 144 valence electrons. The molecule has 2 aliphatic heterocycles. The fraction of sp³-hybridized carbons (Fsp3) is 0.611. The van der Waals surface area contributed by atoms with Gasteiger partial charge in [-0.05, 0) is 44.9 Å². The van der Waals surface area contributed by atoms with E-state index in [4.69, 9.17) is 9.47 Å². The van der Waals surface area contributed by atoms with Crippen molar-refractivity contribution < 1.29 is 22.7 Å². The first kappa shape index (κ1) is 19.1. The second kappa shape index (κ2) is 7.54. The Morgan fingerprint density at radius 1 is 1.15 bits per heavy atom. The summed E-state index contributed by atoms with van der Waals surface area (Å²) in [7, 11) is -2.24. The third-order valence-corrected chi connectivity index (χ3v) is 6.72. The van der Waals surface area contributed by atoms with E-state index in [9.17, 15) is 13.2 Å². The zero-order valence-corrected chi connectivity index (χ0v) is 16.3. The molecule has 0 aromatic heterocycles. The number of carbonyl (C=O) groups excluding carboxylic acids is 1. The van der Waals surface area contributed by atoms with Crippen LogP contribution in [0.4, 0.5) is 0 Å². The Kier molecular flexibility index (Phi) is 5.55. The third kappa shape index (κ3) is 3.72. The summed E-state index contributed by atoms with van der Waals surface area (Å²) in [5, 5.41) is 0. The van der Waals surface area contributed by atoms with Crippen LogP contribution in [-0.4, -0.2) is 69.0 Å². The quantitative estimate of drug-likeness (QED) is 0.793. The summed E-state index contributed by atoms with van der Waals surface area (Å²) < 4.78 is 38.3. The maximum absolute atomic E-state index is 13.0. The number of hydrogen-bond acceptors (Lipinski definition) is 5. The van der Waals surface area contributed by atoms with E-state index in [1.807, 2.05) is 13.8 Å². The SMILES string of the molecule is COc1ccc(C(=O)N2C[C@@H](C)O[C@@H](C)C2)cc1S(=O)(=O)N1CCCC1. The van der Waals surface area contributed by atoms with Crippen LogP contribution in [0.15, 0.2) is 23.1 Å². The predicted molar refractivity (Wildman–Crippen MR) is 96.9 cm³/mol. The average Bonchev–Trinajstić information content (AvgIpc) is 3.15. The molecule has 1 aromatic rings. The summed E-state index contributed by atoms with van der Waals surface area (Å²) in [6, 6.07) is 4.62. The van der Waals surface area contributed by atoms with Crippen LogP contribution in [0.1, 0.15) is 37.0 Å². The molecule has 2 atom stereocenters. The molecule has 0 unspecified atom stereocenters. The van der Waals surface area contributed by atoms with Crippen molar-refractivity contribution in [2.45, 2.75) is 43.8 Å². The molecule has 2 fully saturated rings. The Balaban J connectivity index is 1.93. The highest BCUT2D eigenvalue weighted by Gasteiger charge is 2.32. The molecule has 0 spiro atoms. The van der Waals surface area contributed by atoms with E-state index < -0.39 is 10.0 Å². The van der Waals surface area contributed by atoms with Gasteiger partial charge in [0.15, 0.2) is 0 Å². The summed E-state index contributed by atoms with van der Waals surface area (Å²) in [5.41, 5.74) is 0.352. The molecule has 0 saturated carbocycles. The van der Waals surface area contributed by atoms with Gasteiger partial charge in [0, 0.05) is 31.7 Å². The molecule has 0 N–H and O–H groups in total. The standard InChI is InChI=1S/C18H26N2O5S/c1-13-11-19(12-14(2)25-13)18(21)15-6-7-16(24-3)17(10-15)26(22,23)20-8-4-5-9-20/h6-7,10,13-14H,4-5,8-9,11-12H2,1-3H3/t13-,14+. The molecule has 0 bridgehead atoms. The molecule has 2 saturated heterocycles. The highest BCUT2D eigenvalue weighted by atomic mass is 32.2. The third-order valence-electron chi connectivity index (χ3n) is 4.80. The van der Waals surface area contributed by atoms with Crippen molar-refractivity contribution in [3.63, 3.8) is 0 Å². The van der Waals surface area contributed by atoms with Crippen LogP contribution in [0, 0.1) is 0 Å². The van der Waals surface area contributed by atoms with Crippen molar-refractivity contribution in [3.05, 3.63) is 23.8 Å². The normalized spacial score (nSPS) is 24.7. The van der Waals surface area contributed by atoms with Crippen molar-refractivity contribution in [2.24, 2.45) is 0 Å². The van der Waals surface area contributed by atoms with Gasteiger partial charge in [-0.1, -0.05) is 0 Å². The highest BCUT2D eigenvalue weighted by Crippen LogP contribution is 2.30. The number of hydrogen-bond donors (Lipinski definition) is 0. The molecule has 1 amide bonds. The minimum atomic E-state index is -3.68. The van der Waals surface area contributed by atoms with Crippen molar-refractivity contribution >= 4 is 15.9 Å². The first-order valence-electron chi connectivity index (χ1n) is 8.96. The summed E-state index contributed by atoms with van der Waals surface area (Å²) in [5.74, 6) is 0.0738. The first-order chi connectivity index (χ1) is 12.3. The van der Waals surface area contributed by atoms with Crippen LogP contribution < -0.4 is 4.74 Å². The van der Waals surface area contributed by atoms with Gasteiger partial charge in [0.2, 0.25) is 10.0 Å². The number of carbonyl (C=O) groups is 1. The Labute approximate surface area is 154 Å². The van der Waals surface area contributed by atoms with Crippen LogP contribution >= 0.6 is 0 Å². The van der Waals surface area contributed by atoms with Crippen molar-refractivity contribution in [1.29, 1.82) is 0 Å². The molecule has 3 rings (SSSR count). The lowest BCUT2D eigenvalue weighted by Crippen LogP contribution is -2.48. The number of morpholine rings is 1. The highest BCUT2D eigenvalue weighted by molar-refractivity contribution is 7.89. The Morgan fingerprint density at radius 2 is 1.77 bits per heavy atom. The molecular formula is C18H26N2O5S. The van der Waals surface area contributed by atoms with Crippen LogP contribution in [0.5, 0.6) is 5.75 Å². The fourth-order valence-electron chi connectivity index (χ4n) is 3.61. The Bertz CT molecular complexity index is 764. The number of amides is 1. The van der Waals surface area contributed by atoms with E-state index in [1.165, 1.54) is 17.5 Å². The minimum absolute atomic E-state index is 0.0475. The van der Waals surface area contributed by atoms with E-state index in [1.54, 1.807) is 17.0 Å². The van der Waals surface area contributed by atoms with Crippen LogP contribution in [0.3, 0.4) is 0 Å². The lowest BCUT2D eigenvalue weighted by Gasteiger charge is -2.35. The molecule has 1 aromatic carbocycles.